The second-order valence-corrected chi connectivity index (χ2v) is 5.90. The van der Waals surface area contributed by atoms with E-state index >= 15 is 0 Å². The molecule has 28 heavy (non-hydrogen) atoms. The number of carbonyl (C=O) groups excluding carboxylic acids is 1. The van der Waals surface area contributed by atoms with Crippen LogP contribution in [0.4, 0.5) is 13.2 Å². The van der Waals surface area contributed by atoms with Gasteiger partial charge in [-0.1, -0.05) is 30.3 Å². The molecule has 146 valence electrons. The van der Waals surface area contributed by atoms with Gasteiger partial charge in [-0.25, -0.2) is 4.68 Å². The molecule has 1 amide bonds. The molecule has 0 unspecified atom stereocenters. The van der Waals surface area contributed by atoms with Gasteiger partial charge in [0.15, 0.2) is 11.5 Å². The molecular formula is C18H16F3N5O2. The van der Waals surface area contributed by atoms with E-state index in [1.807, 2.05) is 6.07 Å². The van der Waals surface area contributed by atoms with E-state index in [1.165, 1.54) is 31.2 Å². The van der Waals surface area contributed by atoms with E-state index in [4.69, 9.17) is 4.74 Å². The number of nitrogens with zero attached hydrogens (tertiary/aromatic N) is 5. The molecule has 0 bridgehead atoms. The lowest BCUT2D eigenvalue weighted by atomic mass is 10.1. The number of halogens is 3. The molecule has 0 fully saturated rings. The van der Waals surface area contributed by atoms with Crippen molar-refractivity contribution in [1.29, 1.82) is 0 Å². The summed E-state index contributed by atoms with van der Waals surface area (Å²) in [5, 5.41) is 11.1. The Kier molecular flexibility index (Phi) is 5.30. The highest BCUT2D eigenvalue weighted by atomic mass is 19.4. The molecular weight excluding hydrogens is 375 g/mol. The van der Waals surface area contributed by atoms with Gasteiger partial charge in [-0.2, -0.15) is 18.3 Å². The maximum Gasteiger partial charge on any atom is 0.434 e. The Balaban J connectivity index is 1.96. The van der Waals surface area contributed by atoms with Gasteiger partial charge in [-0.3, -0.25) is 4.79 Å². The number of hydrogen-bond donors (Lipinski definition) is 0. The van der Waals surface area contributed by atoms with E-state index < -0.39 is 23.3 Å². The first kappa shape index (κ1) is 19.3. The van der Waals surface area contributed by atoms with E-state index in [0.29, 0.717) is 4.68 Å². The summed E-state index contributed by atoms with van der Waals surface area (Å²) in [5.41, 5.74) is -0.985. The minimum atomic E-state index is -4.82. The normalized spacial score (nSPS) is 11.3. The summed E-state index contributed by atoms with van der Waals surface area (Å²) in [7, 11) is 2.79. The fourth-order valence-corrected chi connectivity index (χ4v) is 2.62. The lowest BCUT2D eigenvalue weighted by molar-refractivity contribution is -0.143. The van der Waals surface area contributed by atoms with Crippen LogP contribution in [0.3, 0.4) is 0 Å². The van der Waals surface area contributed by atoms with Gasteiger partial charge >= 0.3 is 6.18 Å². The van der Waals surface area contributed by atoms with Crippen molar-refractivity contribution in [3.05, 3.63) is 65.5 Å². The standard InChI is InChI=1S/C18H16F3N5O2/c1-25(11-12-6-4-3-5-7-12)17(27)13-10-22-26(16(13)18(19,20)21)14-8-9-15(28-2)24-23-14/h3-10H,11H2,1-2H3. The third-order valence-corrected chi connectivity index (χ3v) is 3.93. The predicted molar refractivity (Wildman–Crippen MR) is 92.9 cm³/mol. The smallest absolute Gasteiger partial charge is 0.434 e. The van der Waals surface area contributed by atoms with Gasteiger partial charge in [0, 0.05) is 19.7 Å². The summed E-state index contributed by atoms with van der Waals surface area (Å²) in [6.45, 7) is 0.157. The van der Waals surface area contributed by atoms with Gasteiger partial charge in [0.25, 0.3) is 5.91 Å². The number of ether oxygens (including phenoxy) is 1. The lowest BCUT2D eigenvalue weighted by Gasteiger charge is -2.18. The third-order valence-electron chi connectivity index (χ3n) is 3.93. The largest absolute Gasteiger partial charge is 0.480 e. The molecule has 10 heteroatoms. The van der Waals surface area contributed by atoms with Gasteiger partial charge in [0.05, 0.1) is 18.9 Å². The fourth-order valence-electron chi connectivity index (χ4n) is 2.62. The van der Waals surface area contributed by atoms with Crippen molar-refractivity contribution in [1.82, 2.24) is 24.9 Å². The summed E-state index contributed by atoms with van der Waals surface area (Å²) >= 11 is 0. The van der Waals surface area contributed by atoms with E-state index in [9.17, 15) is 18.0 Å². The highest BCUT2D eigenvalue weighted by molar-refractivity contribution is 5.95. The maximum atomic E-state index is 13.7. The molecule has 0 spiro atoms. The van der Waals surface area contributed by atoms with E-state index in [1.54, 1.807) is 24.3 Å². The number of benzene rings is 1. The minimum Gasteiger partial charge on any atom is -0.480 e. The molecule has 0 N–H and O–H groups in total. The van der Waals surface area contributed by atoms with E-state index in [-0.39, 0.29) is 18.2 Å². The summed E-state index contributed by atoms with van der Waals surface area (Å²) < 4.78 is 46.6. The highest BCUT2D eigenvalue weighted by Crippen LogP contribution is 2.34. The van der Waals surface area contributed by atoms with E-state index in [2.05, 4.69) is 15.3 Å². The number of aromatic nitrogens is 4. The molecule has 3 rings (SSSR count). The highest BCUT2D eigenvalue weighted by Gasteiger charge is 2.41. The molecule has 0 aliphatic carbocycles. The zero-order valence-corrected chi connectivity index (χ0v) is 15.0. The van der Waals surface area contributed by atoms with E-state index in [0.717, 1.165) is 11.8 Å². The first-order valence-electron chi connectivity index (χ1n) is 8.14. The third kappa shape index (κ3) is 3.95. The molecule has 0 aliphatic heterocycles. The van der Waals surface area contributed by atoms with Crippen LogP contribution in [0.15, 0.2) is 48.7 Å². The monoisotopic (exact) mass is 391 g/mol. The van der Waals surface area contributed by atoms with Crippen molar-refractivity contribution in [2.24, 2.45) is 0 Å². The van der Waals surface area contributed by atoms with Crippen LogP contribution in [-0.2, 0) is 12.7 Å². The SMILES string of the molecule is COc1ccc(-n2ncc(C(=O)N(C)Cc3ccccc3)c2C(F)(F)F)nn1. The van der Waals surface area contributed by atoms with Crippen molar-refractivity contribution in [3.63, 3.8) is 0 Å². The van der Waals surface area contributed by atoms with Gasteiger partial charge in [-0.05, 0) is 11.6 Å². The zero-order chi connectivity index (χ0) is 20.3. The molecule has 2 heterocycles. The average Bonchev–Trinajstić information content (AvgIpc) is 3.14. The van der Waals surface area contributed by atoms with Crippen LogP contribution < -0.4 is 4.74 Å². The molecule has 3 aromatic rings. The fraction of sp³-hybridized carbons (Fsp3) is 0.222. The van der Waals surface area contributed by atoms with Gasteiger partial charge in [-0.15, -0.1) is 10.2 Å². The number of hydrogen-bond acceptors (Lipinski definition) is 5. The molecule has 1 aromatic carbocycles. The predicted octanol–water partition coefficient (Wildman–Crippen LogP) is 2.96. The number of methoxy groups -OCH3 is 1. The molecule has 0 saturated carbocycles. The summed E-state index contributed by atoms with van der Waals surface area (Å²) in [5.74, 6) is -0.842. The Labute approximate surface area is 158 Å². The number of carbonyl (C=O) groups is 1. The van der Waals surface area contributed by atoms with Crippen LogP contribution in [0.2, 0.25) is 0 Å². The average molecular weight is 391 g/mol. The molecule has 2 aromatic heterocycles. The van der Waals surface area contributed by atoms with Crippen molar-refractivity contribution in [2.75, 3.05) is 14.2 Å². The molecule has 0 radical (unpaired) electrons. The van der Waals surface area contributed by atoms with Crippen LogP contribution in [0.1, 0.15) is 21.6 Å². The minimum absolute atomic E-state index is 0.142. The molecule has 0 atom stereocenters. The van der Waals surface area contributed by atoms with Gasteiger partial charge in [0.1, 0.15) is 0 Å². The Morgan fingerprint density at radius 3 is 2.43 bits per heavy atom. The van der Waals surface area contributed by atoms with Crippen LogP contribution >= 0.6 is 0 Å². The van der Waals surface area contributed by atoms with Gasteiger partial charge < -0.3 is 9.64 Å². The zero-order valence-electron chi connectivity index (χ0n) is 15.0. The van der Waals surface area contributed by atoms with Crippen molar-refractivity contribution in [3.8, 4) is 11.7 Å². The molecule has 7 nitrogen and oxygen atoms in total. The number of amides is 1. The molecule has 0 saturated heterocycles. The second kappa shape index (κ2) is 7.67. The second-order valence-electron chi connectivity index (χ2n) is 5.90. The summed E-state index contributed by atoms with van der Waals surface area (Å²) in [4.78, 5) is 13.9. The lowest BCUT2D eigenvalue weighted by Crippen LogP contribution is -2.28. The maximum absolute atomic E-state index is 13.7. The van der Waals surface area contributed by atoms with Crippen molar-refractivity contribution < 1.29 is 22.7 Å². The topological polar surface area (TPSA) is 73.1 Å². The van der Waals surface area contributed by atoms with Crippen molar-refractivity contribution in [2.45, 2.75) is 12.7 Å². The van der Waals surface area contributed by atoms with Crippen LogP contribution in [0.5, 0.6) is 5.88 Å². The van der Waals surface area contributed by atoms with Crippen LogP contribution in [-0.4, -0.2) is 44.9 Å². The molecule has 0 aliphatic rings. The van der Waals surface area contributed by atoms with Crippen molar-refractivity contribution >= 4 is 5.91 Å². The summed E-state index contributed by atoms with van der Waals surface area (Å²) in [6.07, 6.45) is -3.94. The van der Waals surface area contributed by atoms with Gasteiger partial charge in [0.2, 0.25) is 5.88 Å². The first-order chi connectivity index (χ1) is 13.3. The first-order valence-corrected chi connectivity index (χ1v) is 8.14. The number of alkyl halides is 3. The Morgan fingerprint density at radius 2 is 1.86 bits per heavy atom. The Morgan fingerprint density at radius 1 is 1.14 bits per heavy atom. The number of rotatable bonds is 5. The quantitative estimate of drug-likeness (QED) is 0.669. The Bertz CT molecular complexity index is 956. The van der Waals surface area contributed by atoms with Crippen LogP contribution in [0, 0.1) is 0 Å². The van der Waals surface area contributed by atoms with Crippen LogP contribution in [0.25, 0.3) is 5.82 Å². The summed E-state index contributed by atoms with van der Waals surface area (Å²) in [6, 6.07) is 11.6. The Hall–Kier alpha value is -3.43.